The molecule has 0 spiro atoms. The zero-order valence-electron chi connectivity index (χ0n) is 11.9. The molecule has 2 aromatic carbocycles. The summed E-state index contributed by atoms with van der Waals surface area (Å²) in [6.07, 6.45) is 0. The number of nitrogens with zero attached hydrogens (tertiary/aromatic N) is 2. The van der Waals surface area contributed by atoms with Gasteiger partial charge in [0.15, 0.2) is 0 Å². The predicted octanol–water partition coefficient (Wildman–Crippen LogP) is 4.39. The van der Waals surface area contributed by atoms with E-state index in [4.69, 9.17) is 9.97 Å². The van der Waals surface area contributed by atoms with Crippen molar-refractivity contribution in [1.82, 2.24) is 9.97 Å². The maximum atomic E-state index is 4.84. The van der Waals surface area contributed by atoms with Gasteiger partial charge in [0.25, 0.3) is 0 Å². The fourth-order valence-corrected chi connectivity index (χ4v) is 2.73. The summed E-state index contributed by atoms with van der Waals surface area (Å²) in [4.78, 5) is 9.57. The van der Waals surface area contributed by atoms with E-state index in [1.807, 2.05) is 24.3 Å². The Morgan fingerprint density at radius 2 is 1.42 bits per heavy atom. The molecule has 1 heterocycles. The number of rotatable bonds is 0. The van der Waals surface area contributed by atoms with E-state index in [1.165, 1.54) is 11.1 Å². The van der Waals surface area contributed by atoms with Crippen molar-refractivity contribution in [3.05, 3.63) is 47.5 Å². The molecule has 3 aromatic rings. The first-order valence-electron chi connectivity index (χ1n) is 6.63. The normalized spacial score (nSPS) is 12.2. The van der Waals surface area contributed by atoms with Crippen LogP contribution in [0.4, 0.5) is 0 Å². The molecular formula is C17H18N2. The van der Waals surface area contributed by atoms with Gasteiger partial charge in [0.05, 0.1) is 22.1 Å². The Morgan fingerprint density at radius 1 is 0.789 bits per heavy atom. The highest BCUT2D eigenvalue weighted by Gasteiger charge is 2.21. The van der Waals surface area contributed by atoms with Crippen molar-refractivity contribution in [2.24, 2.45) is 0 Å². The van der Waals surface area contributed by atoms with Gasteiger partial charge in [0, 0.05) is 0 Å². The molecule has 0 unspecified atom stereocenters. The minimum absolute atomic E-state index is 0.0702. The van der Waals surface area contributed by atoms with E-state index < -0.39 is 0 Å². The Hall–Kier alpha value is -1.96. The Bertz CT molecular complexity index is 767. The predicted molar refractivity (Wildman–Crippen MR) is 80.5 cm³/mol. The van der Waals surface area contributed by atoms with Crippen LogP contribution in [0.15, 0.2) is 36.4 Å². The van der Waals surface area contributed by atoms with E-state index in [2.05, 4.69) is 39.8 Å². The van der Waals surface area contributed by atoms with Crippen LogP contribution in [0.1, 0.15) is 31.9 Å². The van der Waals surface area contributed by atoms with Crippen molar-refractivity contribution >= 4 is 22.1 Å². The topological polar surface area (TPSA) is 25.8 Å². The Morgan fingerprint density at radius 3 is 2.05 bits per heavy atom. The number of hydrogen-bond acceptors (Lipinski definition) is 2. The second kappa shape index (κ2) is 4.02. The minimum atomic E-state index is 0.0702. The van der Waals surface area contributed by atoms with Crippen LogP contribution in [0.2, 0.25) is 0 Å². The number of aromatic nitrogens is 2. The van der Waals surface area contributed by atoms with Crippen molar-refractivity contribution in [3.63, 3.8) is 0 Å². The van der Waals surface area contributed by atoms with Gasteiger partial charge >= 0.3 is 0 Å². The summed E-state index contributed by atoms with van der Waals surface area (Å²) < 4.78 is 0. The molecule has 0 fully saturated rings. The molecule has 0 N–H and O–H groups in total. The molecule has 1 aromatic heterocycles. The molecule has 19 heavy (non-hydrogen) atoms. The zero-order chi connectivity index (χ0) is 13.6. The van der Waals surface area contributed by atoms with Crippen LogP contribution in [0, 0.1) is 6.92 Å². The molecule has 0 saturated heterocycles. The lowest BCUT2D eigenvalue weighted by Crippen LogP contribution is -2.14. The molecule has 2 nitrogen and oxygen atoms in total. The quantitative estimate of drug-likeness (QED) is 0.553. The van der Waals surface area contributed by atoms with Gasteiger partial charge in [-0.2, -0.15) is 0 Å². The summed E-state index contributed by atoms with van der Waals surface area (Å²) in [6.45, 7) is 8.83. The van der Waals surface area contributed by atoms with Gasteiger partial charge in [-0.25, -0.2) is 9.97 Å². The summed E-state index contributed by atoms with van der Waals surface area (Å²) in [5.74, 6) is 0. The first-order chi connectivity index (χ1) is 8.97. The van der Waals surface area contributed by atoms with Crippen LogP contribution in [0.25, 0.3) is 22.1 Å². The van der Waals surface area contributed by atoms with Crippen molar-refractivity contribution in [3.8, 4) is 0 Å². The average Bonchev–Trinajstić information content (AvgIpc) is 2.34. The van der Waals surface area contributed by atoms with Crippen molar-refractivity contribution < 1.29 is 0 Å². The number of fused-ring (bicyclic) bond motifs is 2. The van der Waals surface area contributed by atoms with Gasteiger partial charge < -0.3 is 0 Å². The first kappa shape index (κ1) is 12.1. The lowest BCUT2D eigenvalue weighted by Gasteiger charge is -2.23. The average molecular weight is 250 g/mol. The molecule has 0 bridgehead atoms. The fraction of sp³-hybridized carbons (Fsp3) is 0.294. The van der Waals surface area contributed by atoms with E-state index in [0.717, 1.165) is 22.1 Å². The highest BCUT2D eigenvalue weighted by molar-refractivity contribution is 5.89. The number of para-hydroxylation sites is 2. The van der Waals surface area contributed by atoms with E-state index >= 15 is 0 Å². The van der Waals surface area contributed by atoms with Crippen LogP contribution in [-0.2, 0) is 5.41 Å². The lowest BCUT2D eigenvalue weighted by atomic mass is 9.83. The standard InChI is InChI=1S/C17H18N2/c1-11-9-10-14-16(15(11)17(2,3)4)19-13-8-6-5-7-12(13)18-14/h5-10H,1-4H3. The Kier molecular flexibility index (Phi) is 2.56. The second-order valence-electron chi connectivity index (χ2n) is 6.09. The minimum Gasteiger partial charge on any atom is -0.244 e. The largest absolute Gasteiger partial charge is 0.244 e. The van der Waals surface area contributed by atoms with Crippen molar-refractivity contribution in [1.29, 1.82) is 0 Å². The van der Waals surface area contributed by atoms with Gasteiger partial charge in [-0.3, -0.25) is 0 Å². The lowest BCUT2D eigenvalue weighted by molar-refractivity contribution is 0.590. The van der Waals surface area contributed by atoms with E-state index in [9.17, 15) is 0 Å². The monoisotopic (exact) mass is 250 g/mol. The summed E-state index contributed by atoms with van der Waals surface area (Å²) in [5.41, 5.74) is 6.58. The maximum Gasteiger partial charge on any atom is 0.0934 e. The van der Waals surface area contributed by atoms with Crippen molar-refractivity contribution in [2.45, 2.75) is 33.1 Å². The first-order valence-corrected chi connectivity index (χ1v) is 6.63. The van der Waals surface area contributed by atoms with Crippen molar-refractivity contribution in [2.75, 3.05) is 0 Å². The number of aryl methyl sites for hydroxylation is 1. The highest BCUT2D eigenvalue weighted by atomic mass is 14.8. The molecule has 0 aliphatic carbocycles. The van der Waals surface area contributed by atoms with E-state index in [0.29, 0.717) is 0 Å². The van der Waals surface area contributed by atoms with Gasteiger partial charge in [0.2, 0.25) is 0 Å². The molecule has 0 atom stereocenters. The summed E-state index contributed by atoms with van der Waals surface area (Å²) in [7, 11) is 0. The molecule has 3 rings (SSSR count). The van der Waals surface area contributed by atoms with Crippen LogP contribution < -0.4 is 0 Å². The Balaban J connectivity index is 2.48. The van der Waals surface area contributed by atoms with E-state index in [1.54, 1.807) is 0 Å². The van der Waals surface area contributed by atoms with Crippen LogP contribution in [0.3, 0.4) is 0 Å². The smallest absolute Gasteiger partial charge is 0.0934 e. The third-order valence-electron chi connectivity index (χ3n) is 3.47. The van der Waals surface area contributed by atoms with Gasteiger partial charge in [-0.15, -0.1) is 0 Å². The van der Waals surface area contributed by atoms with Crippen LogP contribution in [-0.4, -0.2) is 9.97 Å². The highest BCUT2D eigenvalue weighted by Crippen LogP contribution is 2.32. The molecule has 0 amide bonds. The van der Waals surface area contributed by atoms with Gasteiger partial charge in [-0.1, -0.05) is 39.0 Å². The SMILES string of the molecule is Cc1ccc2nc3ccccc3nc2c1C(C)(C)C. The molecule has 0 aliphatic heterocycles. The van der Waals surface area contributed by atoms with Crippen LogP contribution in [0.5, 0.6) is 0 Å². The fourth-order valence-electron chi connectivity index (χ4n) is 2.73. The summed E-state index contributed by atoms with van der Waals surface area (Å²) in [6, 6.07) is 12.3. The van der Waals surface area contributed by atoms with E-state index in [-0.39, 0.29) is 5.41 Å². The molecule has 96 valence electrons. The van der Waals surface area contributed by atoms with Gasteiger partial charge in [0.1, 0.15) is 0 Å². The maximum absolute atomic E-state index is 4.84. The summed E-state index contributed by atoms with van der Waals surface area (Å²) >= 11 is 0. The van der Waals surface area contributed by atoms with Crippen LogP contribution >= 0.6 is 0 Å². The number of benzene rings is 2. The van der Waals surface area contributed by atoms with Gasteiger partial charge in [-0.05, 0) is 41.7 Å². The summed E-state index contributed by atoms with van der Waals surface area (Å²) in [5, 5.41) is 0. The number of hydrogen-bond donors (Lipinski definition) is 0. The molecular weight excluding hydrogens is 232 g/mol. The molecule has 2 heteroatoms. The zero-order valence-corrected chi connectivity index (χ0v) is 11.9. The third-order valence-corrected chi connectivity index (χ3v) is 3.47. The Labute approximate surface area is 113 Å². The molecule has 0 aliphatic rings. The molecule has 0 saturated carbocycles. The second-order valence-corrected chi connectivity index (χ2v) is 6.09. The third kappa shape index (κ3) is 1.97. The molecule has 0 radical (unpaired) electrons.